The molecule has 10 heteroatoms. The zero-order chi connectivity index (χ0) is 23.1. The van der Waals surface area contributed by atoms with Crippen LogP contribution in [0.2, 0.25) is 10.0 Å². The van der Waals surface area contributed by atoms with Gasteiger partial charge in [-0.2, -0.15) is 0 Å². The van der Waals surface area contributed by atoms with Crippen molar-refractivity contribution in [1.29, 1.82) is 0 Å². The highest BCUT2D eigenvalue weighted by atomic mass is 35.5. The number of hydrogen-bond acceptors (Lipinski definition) is 5. The Hall–Kier alpha value is -1.84. The van der Waals surface area contributed by atoms with E-state index in [0.717, 1.165) is 45.7 Å². The maximum atomic E-state index is 12.8. The van der Waals surface area contributed by atoms with Crippen molar-refractivity contribution in [2.45, 2.75) is 18.2 Å². The fourth-order valence-electron chi connectivity index (χ4n) is 3.51. The summed E-state index contributed by atoms with van der Waals surface area (Å²) in [4.78, 5) is 17.2. The molecule has 1 aliphatic rings. The lowest BCUT2D eigenvalue weighted by Gasteiger charge is -2.33. The van der Waals surface area contributed by atoms with E-state index in [9.17, 15) is 13.2 Å². The summed E-state index contributed by atoms with van der Waals surface area (Å²) in [6, 6.07) is 10.5. The van der Waals surface area contributed by atoms with Gasteiger partial charge in [0.05, 0.1) is 5.02 Å². The van der Waals surface area contributed by atoms with Crippen LogP contribution in [-0.2, 0) is 10.0 Å². The third-order valence-electron chi connectivity index (χ3n) is 5.43. The highest BCUT2D eigenvalue weighted by Gasteiger charge is 2.21. The van der Waals surface area contributed by atoms with Crippen LogP contribution >= 0.6 is 23.2 Å². The van der Waals surface area contributed by atoms with Crippen molar-refractivity contribution in [2.75, 3.05) is 50.5 Å². The topological polar surface area (TPSA) is 81.8 Å². The van der Waals surface area contributed by atoms with E-state index in [1.54, 1.807) is 24.3 Å². The Bertz CT molecular complexity index is 1020. The fourth-order valence-corrected chi connectivity index (χ4v) is 5.23. The number of amides is 1. The normalized spacial score (nSPS) is 15.5. The molecule has 0 saturated carbocycles. The molecule has 0 atom stereocenters. The van der Waals surface area contributed by atoms with Gasteiger partial charge in [0.15, 0.2) is 0 Å². The van der Waals surface area contributed by atoms with Gasteiger partial charge >= 0.3 is 0 Å². The summed E-state index contributed by atoms with van der Waals surface area (Å²) in [5, 5.41) is 3.39. The quantitative estimate of drug-likeness (QED) is 0.516. The van der Waals surface area contributed by atoms with Crippen LogP contribution < -0.4 is 10.0 Å². The zero-order valence-electron chi connectivity index (χ0n) is 18.0. The number of halogens is 2. The number of piperazine rings is 1. The number of anilines is 1. The second kappa shape index (κ2) is 11.3. The number of hydrogen-bond donors (Lipinski definition) is 2. The Kier molecular flexibility index (Phi) is 8.79. The molecule has 0 aromatic heterocycles. The van der Waals surface area contributed by atoms with Crippen molar-refractivity contribution in [3.05, 3.63) is 58.1 Å². The minimum Gasteiger partial charge on any atom is -0.352 e. The molecule has 3 rings (SSSR count). The molecule has 0 bridgehead atoms. The zero-order valence-corrected chi connectivity index (χ0v) is 20.3. The van der Waals surface area contributed by atoms with Crippen molar-refractivity contribution >= 4 is 44.8 Å². The standard InChI is InChI=1S/C22H28Cl2N4O3S/c1-2-27-12-14-28(15-13-27)11-3-10-25-22(29)17-4-9-20(24)21(16-17)32(30,31)26-19-7-5-18(23)6-8-19/h4-9,16,26H,2-3,10-15H2,1H3,(H,25,29). The first kappa shape index (κ1) is 24.8. The van der Waals surface area contributed by atoms with Crippen molar-refractivity contribution in [1.82, 2.24) is 15.1 Å². The molecule has 1 saturated heterocycles. The molecule has 7 nitrogen and oxygen atoms in total. The van der Waals surface area contributed by atoms with Crippen molar-refractivity contribution < 1.29 is 13.2 Å². The fraction of sp³-hybridized carbons (Fsp3) is 0.409. The molecule has 0 spiro atoms. The van der Waals surface area contributed by atoms with E-state index in [4.69, 9.17) is 23.2 Å². The summed E-state index contributed by atoms with van der Waals surface area (Å²) in [5.74, 6) is -0.333. The van der Waals surface area contributed by atoms with Gasteiger partial charge < -0.3 is 15.1 Å². The van der Waals surface area contributed by atoms with Crippen LogP contribution in [0.25, 0.3) is 0 Å². The van der Waals surface area contributed by atoms with Crippen molar-refractivity contribution in [3.63, 3.8) is 0 Å². The minimum absolute atomic E-state index is 0.0363. The van der Waals surface area contributed by atoms with E-state index < -0.39 is 10.0 Å². The van der Waals surface area contributed by atoms with Gasteiger partial charge in [-0.1, -0.05) is 30.1 Å². The molecule has 32 heavy (non-hydrogen) atoms. The van der Waals surface area contributed by atoms with Gasteiger partial charge in [0.2, 0.25) is 0 Å². The average Bonchev–Trinajstić information content (AvgIpc) is 2.78. The van der Waals surface area contributed by atoms with E-state index in [2.05, 4.69) is 26.8 Å². The van der Waals surface area contributed by atoms with E-state index in [1.165, 1.54) is 18.2 Å². The summed E-state index contributed by atoms with van der Waals surface area (Å²) < 4.78 is 28.0. The van der Waals surface area contributed by atoms with Crippen LogP contribution in [0, 0.1) is 0 Å². The molecule has 1 amide bonds. The smallest absolute Gasteiger partial charge is 0.263 e. The predicted molar refractivity (Wildman–Crippen MR) is 129 cm³/mol. The molecule has 2 aromatic rings. The second-order valence-electron chi connectivity index (χ2n) is 7.64. The Balaban J connectivity index is 1.56. The van der Waals surface area contributed by atoms with Crippen molar-refractivity contribution in [3.8, 4) is 0 Å². The maximum Gasteiger partial charge on any atom is 0.263 e. The van der Waals surface area contributed by atoms with Crippen LogP contribution in [0.4, 0.5) is 5.69 Å². The third-order valence-corrected chi connectivity index (χ3v) is 7.54. The molecule has 0 unspecified atom stereocenters. The van der Waals surface area contributed by atoms with Crippen LogP contribution in [0.1, 0.15) is 23.7 Å². The van der Waals surface area contributed by atoms with Gasteiger partial charge in [-0.25, -0.2) is 8.42 Å². The molecule has 1 fully saturated rings. The molecule has 174 valence electrons. The number of nitrogens with one attached hydrogen (secondary N) is 2. The highest BCUT2D eigenvalue weighted by molar-refractivity contribution is 7.92. The Morgan fingerprint density at radius 2 is 1.66 bits per heavy atom. The lowest BCUT2D eigenvalue weighted by Crippen LogP contribution is -2.46. The first-order valence-electron chi connectivity index (χ1n) is 10.6. The summed E-state index contributed by atoms with van der Waals surface area (Å²) in [7, 11) is -3.98. The predicted octanol–water partition coefficient (Wildman–Crippen LogP) is 3.55. The second-order valence-corrected chi connectivity index (χ2v) is 10.1. The highest BCUT2D eigenvalue weighted by Crippen LogP contribution is 2.25. The van der Waals surface area contributed by atoms with E-state index in [0.29, 0.717) is 17.3 Å². The van der Waals surface area contributed by atoms with Crippen LogP contribution in [0.5, 0.6) is 0 Å². The lowest BCUT2D eigenvalue weighted by molar-refractivity contribution is 0.0948. The third kappa shape index (κ3) is 6.83. The number of nitrogens with zero attached hydrogens (tertiary/aromatic N) is 2. The largest absolute Gasteiger partial charge is 0.352 e. The Morgan fingerprint density at radius 1 is 1.00 bits per heavy atom. The van der Waals surface area contributed by atoms with Crippen LogP contribution in [0.3, 0.4) is 0 Å². The van der Waals surface area contributed by atoms with E-state index >= 15 is 0 Å². The number of carbonyl (C=O) groups is 1. The number of carbonyl (C=O) groups excluding carboxylic acids is 1. The van der Waals surface area contributed by atoms with Gasteiger partial charge in [0, 0.05) is 49.0 Å². The number of likely N-dealkylation sites (N-methyl/N-ethyl adjacent to an activating group) is 1. The average molecular weight is 499 g/mol. The molecule has 0 aliphatic carbocycles. The van der Waals surface area contributed by atoms with Gasteiger partial charge in [-0.05, 0) is 62.0 Å². The molecule has 2 aromatic carbocycles. The summed E-state index contributed by atoms with van der Waals surface area (Å²) in [6.07, 6.45) is 0.828. The monoisotopic (exact) mass is 498 g/mol. The SMILES string of the molecule is CCN1CCN(CCCNC(=O)c2ccc(Cl)c(S(=O)(=O)Nc3ccc(Cl)cc3)c2)CC1. The maximum absolute atomic E-state index is 12.8. The van der Waals surface area contributed by atoms with Gasteiger partial charge in [-0.15, -0.1) is 0 Å². The van der Waals surface area contributed by atoms with Crippen LogP contribution in [0.15, 0.2) is 47.4 Å². The summed E-state index contributed by atoms with van der Waals surface area (Å²) >= 11 is 12.0. The van der Waals surface area contributed by atoms with E-state index in [1.807, 2.05) is 0 Å². The number of rotatable bonds is 9. The van der Waals surface area contributed by atoms with Crippen molar-refractivity contribution in [2.24, 2.45) is 0 Å². The van der Waals surface area contributed by atoms with E-state index in [-0.39, 0.29) is 21.4 Å². The number of sulfonamides is 1. The Labute approximate surface area is 199 Å². The van der Waals surface area contributed by atoms with Crippen LogP contribution in [-0.4, -0.2) is 69.9 Å². The molecule has 0 radical (unpaired) electrons. The molecule has 1 heterocycles. The molecule has 1 aliphatic heterocycles. The minimum atomic E-state index is -3.98. The van der Waals surface area contributed by atoms with Gasteiger partial charge in [0.1, 0.15) is 4.90 Å². The lowest BCUT2D eigenvalue weighted by atomic mass is 10.2. The first-order chi connectivity index (χ1) is 15.3. The van der Waals surface area contributed by atoms with Gasteiger partial charge in [0.25, 0.3) is 15.9 Å². The first-order valence-corrected chi connectivity index (χ1v) is 12.8. The Morgan fingerprint density at radius 3 is 2.31 bits per heavy atom. The molecular weight excluding hydrogens is 471 g/mol. The number of benzene rings is 2. The van der Waals surface area contributed by atoms with Gasteiger partial charge in [-0.3, -0.25) is 9.52 Å². The molecule has 2 N–H and O–H groups in total. The molecular formula is C22H28Cl2N4O3S. The summed E-state index contributed by atoms with van der Waals surface area (Å²) in [5.41, 5.74) is 0.586. The summed E-state index contributed by atoms with van der Waals surface area (Å²) in [6.45, 7) is 8.93.